The summed E-state index contributed by atoms with van der Waals surface area (Å²) in [5.74, 6) is 0.539. The largest absolute Gasteiger partial charge is 0.326 e. The molecule has 31 heavy (non-hydrogen) atoms. The van der Waals surface area contributed by atoms with Crippen molar-refractivity contribution in [3.63, 3.8) is 0 Å². The van der Waals surface area contributed by atoms with Gasteiger partial charge in [0.2, 0.25) is 11.9 Å². The van der Waals surface area contributed by atoms with Gasteiger partial charge in [-0.2, -0.15) is 0 Å². The van der Waals surface area contributed by atoms with E-state index in [-0.39, 0.29) is 24.3 Å². The normalized spacial score (nSPS) is 19.1. The molecular weight excluding hydrogens is 388 g/mol. The van der Waals surface area contributed by atoms with E-state index in [2.05, 4.69) is 12.2 Å². The van der Waals surface area contributed by atoms with Crippen LogP contribution in [0, 0.1) is 0 Å². The second-order valence-corrected chi connectivity index (χ2v) is 8.59. The van der Waals surface area contributed by atoms with E-state index in [1.807, 2.05) is 58.0 Å². The number of anilines is 2. The average molecular weight is 417 g/mol. The smallest absolute Gasteiger partial charge is 0.253 e. The number of aromatic nitrogens is 2. The maximum atomic E-state index is 13.5. The van der Waals surface area contributed by atoms with Crippen LogP contribution in [0.15, 0.2) is 48.5 Å². The zero-order chi connectivity index (χ0) is 21.4. The number of hydrogen-bond donors (Lipinski definition) is 1. The molecule has 2 amide bonds. The van der Waals surface area contributed by atoms with Crippen molar-refractivity contribution in [3.8, 4) is 0 Å². The summed E-state index contributed by atoms with van der Waals surface area (Å²) in [5, 5.41) is 2.96. The third-order valence-electron chi connectivity index (χ3n) is 6.59. The first-order valence-corrected chi connectivity index (χ1v) is 11.3. The third-order valence-corrected chi connectivity index (χ3v) is 6.59. The average Bonchev–Trinajstić information content (AvgIpc) is 3.29. The summed E-state index contributed by atoms with van der Waals surface area (Å²) in [7, 11) is 0. The standard InChI is InChI=1S/C25H28N4O2/c1-2-17-12-14-18(15-13-17)26-23(30)16-22-24(31)28(19-8-4-3-5-9-19)25-27-20-10-6-7-11-21(20)29(22)25/h6-7,10-15,19,22H,2-5,8-9,16H2,1H3,(H,26,30). The van der Waals surface area contributed by atoms with Gasteiger partial charge in [-0.15, -0.1) is 0 Å². The van der Waals surface area contributed by atoms with Crippen molar-refractivity contribution in [1.82, 2.24) is 9.55 Å². The topological polar surface area (TPSA) is 67.2 Å². The molecule has 1 aromatic heterocycles. The molecule has 1 aliphatic carbocycles. The van der Waals surface area contributed by atoms with E-state index < -0.39 is 6.04 Å². The number of carbonyl (C=O) groups is 2. The molecule has 0 spiro atoms. The van der Waals surface area contributed by atoms with Gasteiger partial charge in [0.25, 0.3) is 5.91 Å². The number of rotatable bonds is 5. The van der Waals surface area contributed by atoms with Crippen LogP contribution < -0.4 is 10.2 Å². The SMILES string of the molecule is CCc1ccc(NC(=O)CC2C(=O)N(C3CCCCC3)c3nc4ccccc4n32)cc1. The summed E-state index contributed by atoms with van der Waals surface area (Å²) in [5.41, 5.74) is 3.76. The van der Waals surface area contributed by atoms with Crippen LogP contribution in [0.25, 0.3) is 11.0 Å². The second-order valence-electron chi connectivity index (χ2n) is 8.59. The molecule has 0 saturated heterocycles. The van der Waals surface area contributed by atoms with Crippen molar-refractivity contribution in [2.75, 3.05) is 10.2 Å². The lowest BCUT2D eigenvalue weighted by atomic mass is 9.94. The van der Waals surface area contributed by atoms with Crippen molar-refractivity contribution in [2.45, 2.75) is 64.0 Å². The number of benzene rings is 2. The molecule has 1 saturated carbocycles. The van der Waals surface area contributed by atoms with Gasteiger partial charge in [0.05, 0.1) is 17.5 Å². The Morgan fingerprint density at radius 3 is 2.55 bits per heavy atom. The van der Waals surface area contributed by atoms with Gasteiger partial charge < -0.3 is 5.32 Å². The van der Waals surface area contributed by atoms with Crippen LogP contribution in [-0.4, -0.2) is 27.4 Å². The van der Waals surface area contributed by atoms with Gasteiger partial charge in [0.1, 0.15) is 6.04 Å². The first kappa shape index (κ1) is 19.8. The highest BCUT2D eigenvalue weighted by molar-refractivity contribution is 6.05. The van der Waals surface area contributed by atoms with Gasteiger partial charge in [-0.1, -0.05) is 50.5 Å². The summed E-state index contributed by atoms with van der Waals surface area (Å²) in [6, 6.07) is 15.3. The molecule has 6 nitrogen and oxygen atoms in total. The highest BCUT2D eigenvalue weighted by Gasteiger charge is 2.44. The first-order chi connectivity index (χ1) is 15.2. The predicted octanol–water partition coefficient (Wildman–Crippen LogP) is 4.85. The summed E-state index contributed by atoms with van der Waals surface area (Å²) in [6.07, 6.45) is 6.54. The molecule has 6 heteroatoms. The number of imidazole rings is 1. The summed E-state index contributed by atoms with van der Waals surface area (Å²) in [4.78, 5) is 33.1. The molecule has 1 aliphatic heterocycles. The molecule has 2 aromatic carbocycles. The maximum absolute atomic E-state index is 13.5. The van der Waals surface area contributed by atoms with Gasteiger partial charge in [-0.05, 0) is 49.1 Å². The Hall–Kier alpha value is -3.15. The number of para-hydroxylation sites is 2. The molecule has 1 atom stereocenters. The molecule has 3 aromatic rings. The molecule has 1 fully saturated rings. The highest BCUT2D eigenvalue weighted by Crippen LogP contribution is 2.40. The predicted molar refractivity (Wildman–Crippen MR) is 122 cm³/mol. The van der Waals surface area contributed by atoms with E-state index in [4.69, 9.17) is 4.98 Å². The fourth-order valence-corrected chi connectivity index (χ4v) is 4.95. The number of carbonyl (C=O) groups excluding carboxylic acids is 2. The molecule has 2 aliphatic rings. The Morgan fingerprint density at radius 2 is 1.81 bits per heavy atom. The second kappa shape index (κ2) is 8.17. The Bertz CT molecular complexity index is 1110. The van der Waals surface area contributed by atoms with Gasteiger partial charge in [-0.3, -0.25) is 19.1 Å². The van der Waals surface area contributed by atoms with Crippen LogP contribution in [0.5, 0.6) is 0 Å². The Labute approximate surface area is 182 Å². The first-order valence-electron chi connectivity index (χ1n) is 11.3. The number of amides is 2. The number of hydrogen-bond acceptors (Lipinski definition) is 3. The van der Waals surface area contributed by atoms with E-state index in [1.54, 1.807) is 0 Å². The minimum absolute atomic E-state index is 0.00312. The van der Waals surface area contributed by atoms with Gasteiger partial charge in [0.15, 0.2) is 0 Å². The summed E-state index contributed by atoms with van der Waals surface area (Å²) < 4.78 is 1.98. The monoisotopic (exact) mass is 416 g/mol. The Morgan fingerprint density at radius 1 is 1.06 bits per heavy atom. The van der Waals surface area contributed by atoms with Gasteiger partial charge >= 0.3 is 0 Å². The summed E-state index contributed by atoms with van der Waals surface area (Å²) >= 11 is 0. The van der Waals surface area contributed by atoms with Crippen molar-refractivity contribution in [3.05, 3.63) is 54.1 Å². The van der Waals surface area contributed by atoms with Crippen LogP contribution in [0.1, 0.15) is 57.1 Å². The van der Waals surface area contributed by atoms with Crippen LogP contribution in [0.3, 0.4) is 0 Å². The lowest BCUT2D eigenvalue weighted by Gasteiger charge is -2.30. The van der Waals surface area contributed by atoms with Crippen LogP contribution in [0.4, 0.5) is 11.6 Å². The van der Waals surface area contributed by atoms with E-state index in [0.29, 0.717) is 5.95 Å². The van der Waals surface area contributed by atoms with Crippen LogP contribution in [0.2, 0.25) is 0 Å². The van der Waals surface area contributed by atoms with Crippen molar-refractivity contribution in [2.24, 2.45) is 0 Å². The van der Waals surface area contributed by atoms with Gasteiger partial charge in [-0.25, -0.2) is 4.98 Å². The molecule has 1 unspecified atom stereocenters. The molecule has 160 valence electrons. The molecular formula is C25H28N4O2. The fraction of sp³-hybridized carbons (Fsp3) is 0.400. The van der Waals surface area contributed by atoms with Crippen molar-refractivity contribution >= 4 is 34.5 Å². The maximum Gasteiger partial charge on any atom is 0.253 e. The number of fused-ring (bicyclic) bond motifs is 3. The van der Waals surface area contributed by atoms with Gasteiger partial charge in [0, 0.05) is 11.7 Å². The summed E-state index contributed by atoms with van der Waals surface area (Å²) in [6.45, 7) is 2.10. The van der Waals surface area contributed by atoms with E-state index in [0.717, 1.165) is 48.8 Å². The lowest BCUT2D eigenvalue weighted by Crippen LogP contribution is -2.41. The fourth-order valence-electron chi connectivity index (χ4n) is 4.95. The molecule has 5 rings (SSSR count). The highest BCUT2D eigenvalue weighted by atomic mass is 16.2. The van der Waals surface area contributed by atoms with E-state index in [9.17, 15) is 9.59 Å². The van der Waals surface area contributed by atoms with Crippen molar-refractivity contribution < 1.29 is 9.59 Å². The molecule has 0 bridgehead atoms. The molecule has 2 heterocycles. The molecule has 0 radical (unpaired) electrons. The molecule has 1 N–H and O–H groups in total. The zero-order valence-electron chi connectivity index (χ0n) is 17.9. The minimum Gasteiger partial charge on any atom is -0.326 e. The Balaban J connectivity index is 1.44. The Kier molecular flexibility index (Phi) is 5.22. The van der Waals surface area contributed by atoms with Crippen molar-refractivity contribution in [1.29, 1.82) is 0 Å². The number of nitrogens with zero attached hydrogens (tertiary/aromatic N) is 3. The zero-order valence-corrected chi connectivity index (χ0v) is 17.9. The van der Waals surface area contributed by atoms with E-state index >= 15 is 0 Å². The van der Waals surface area contributed by atoms with Crippen LogP contribution >= 0.6 is 0 Å². The van der Waals surface area contributed by atoms with Crippen LogP contribution in [-0.2, 0) is 16.0 Å². The quantitative estimate of drug-likeness (QED) is 0.647. The lowest BCUT2D eigenvalue weighted by molar-refractivity contribution is -0.125. The number of aryl methyl sites for hydroxylation is 1. The van der Waals surface area contributed by atoms with E-state index in [1.165, 1.54) is 12.0 Å². The minimum atomic E-state index is -0.556. The third kappa shape index (κ3) is 3.60. The number of nitrogens with one attached hydrogen (secondary N) is 1.